The first kappa shape index (κ1) is 13.2. The van der Waals surface area contributed by atoms with Gasteiger partial charge in [0.2, 0.25) is 0 Å². The normalized spacial score (nSPS) is 14.5. The van der Waals surface area contributed by atoms with E-state index in [1.807, 2.05) is 0 Å². The highest BCUT2D eigenvalue weighted by molar-refractivity contribution is 6.29. The predicted octanol–water partition coefficient (Wildman–Crippen LogP) is 1.07. The quantitative estimate of drug-likeness (QED) is 0.560. The number of carboxylic acids is 1. The molecule has 16 heavy (non-hydrogen) atoms. The summed E-state index contributed by atoms with van der Waals surface area (Å²) in [5, 5.41) is 27.8. The van der Waals surface area contributed by atoms with Crippen molar-refractivity contribution >= 4 is 29.2 Å². The molecule has 0 fully saturated rings. The molecule has 0 bridgehead atoms. The molecular weight excluding hydrogens is 257 g/mol. The lowest BCUT2D eigenvalue weighted by atomic mass is 10.0. The summed E-state index contributed by atoms with van der Waals surface area (Å²) in [6.07, 6.45) is -2.67. The number of aliphatic hydroxyl groups excluding tert-OH is 2. The summed E-state index contributed by atoms with van der Waals surface area (Å²) in [7, 11) is 0. The van der Waals surface area contributed by atoms with Gasteiger partial charge in [-0.15, -0.1) is 11.6 Å². The lowest BCUT2D eigenvalue weighted by Gasteiger charge is -2.17. The molecule has 1 rings (SSSR count). The van der Waals surface area contributed by atoms with Crippen LogP contribution in [0.4, 0.5) is 0 Å². The summed E-state index contributed by atoms with van der Waals surface area (Å²) in [5.74, 6) is -1.55. The van der Waals surface area contributed by atoms with Gasteiger partial charge in [-0.1, -0.05) is 17.7 Å². The first-order valence-corrected chi connectivity index (χ1v) is 5.20. The van der Waals surface area contributed by atoms with Gasteiger partial charge < -0.3 is 15.3 Å². The van der Waals surface area contributed by atoms with Crippen LogP contribution >= 0.6 is 23.2 Å². The van der Waals surface area contributed by atoms with Crippen molar-refractivity contribution in [3.05, 3.63) is 28.5 Å². The third-order valence-corrected chi connectivity index (χ3v) is 2.46. The van der Waals surface area contributed by atoms with E-state index >= 15 is 0 Å². The molecule has 0 saturated heterocycles. The van der Waals surface area contributed by atoms with E-state index in [1.54, 1.807) is 0 Å². The van der Waals surface area contributed by atoms with Gasteiger partial charge in [0.25, 0.3) is 0 Å². The molecule has 0 aliphatic heterocycles. The Morgan fingerprint density at radius 2 is 2.06 bits per heavy atom. The van der Waals surface area contributed by atoms with Crippen molar-refractivity contribution in [2.24, 2.45) is 0 Å². The molecule has 1 heterocycles. The third-order valence-electron chi connectivity index (χ3n) is 1.94. The van der Waals surface area contributed by atoms with Gasteiger partial charge in [-0.05, 0) is 6.07 Å². The Kier molecular flexibility index (Phi) is 4.49. The fraction of sp³-hybridized carbons (Fsp3) is 0.333. The van der Waals surface area contributed by atoms with Gasteiger partial charge in [0.15, 0.2) is 5.69 Å². The van der Waals surface area contributed by atoms with E-state index < -0.39 is 23.9 Å². The van der Waals surface area contributed by atoms with Crippen LogP contribution in [0.2, 0.25) is 5.15 Å². The second-order valence-electron chi connectivity index (χ2n) is 3.04. The molecule has 0 radical (unpaired) electrons. The molecule has 2 unspecified atom stereocenters. The van der Waals surface area contributed by atoms with Crippen LogP contribution in [-0.2, 0) is 0 Å². The monoisotopic (exact) mass is 265 g/mol. The van der Waals surface area contributed by atoms with Gasteiger partial charge in [0, 0.05) is 5.56 Å². The first-order chi connectivity index (χ1) is 7.47. The summed E-state index contributed by atoms with van der Waals surface area (Å²) in [5.41, 5.74) is -0.422. The molecule has 5 nitrogen and oxygen atoms in total. The van der Waals surface area contributed by atoms with E-state index in [0.717, 1.165) is 0 Å². The summed E-state index contributed by atoms with van der Waals surface area (Å²) in [6.45, 7) is 0. The fourth-order valence-corrected chi connectivity index (χ4v) is 1.46. The van der Waals surface area contributed by atoms with E-state index in [-0.39, 0.29) is 16.6 Å². The smallest absolute Gasteiger partial charge is 0.354 e. The van der Waals surface area contributed by atoms with E-state index in [1.165, 1.54) is 12.1 Å². The Balaban J connectivity index is 3.17. The molecule has 2 atom stereocenters. The highest BCUT2D eigenvalue weighted by Gasteiger charge is 2.24. The number of aromatic nitrogens is 1. The largest absolute Gasteiger partial charge is 0.476 e. The van der Waals surface area contributed by atoms with Crippen molar-refractivity contribution in [2.45, 2.75) is 12.2 Å². The second kappa shape index (κ2) is 5.45. The zero-order valence-electron chi connectivity index (χ0n) is 7.97. The number of carbonyl (C=O) groups is 1. The SMILES string of the molecule is O=C(O)c1nc(Cl)ccc1C(O)C(O)CCl. The molecule has 0 saturated carbocycles. The lowest BCUT2D eigenvalue weighted by molar-refractivity contribution is 0.0309. The highest BCUT2D eigenvalue weighted by atomic mass is 35.5. The van der Waals surface area contributed by atoms with Gasteiger partial charge in [-0.2, -0.15) is 0 Å². The number of hydrogen-bond donors (Lipinski definition) is 3. The minimum absolute atomic E-state index is 0.00582. The average Bonchev–Trinajstić information content (AvgIpc) is 2.26. The number of aromatic carboxylic acids is 1. The number of alkyl halides is 1. The molecule has 3 N–H and O–H groups in total. The van der Waals surface area contributed by atoms with E-state index in [4.69, 9.17) is 28.3 Å². The molecular formula is C9H9Cl2NO4. The third kappa shape index (κ3) is 2.82. The molecule has 0 aliphatic carbocycles. The molecule has 0 spiro atoms. The van der Waals surface area contributed by atoms with Crippen molar-refractivity contribution in [1.29, 1.82) is 0 Å². The number of aliphatic hydroxyl groups is 2. The molecule has 0 aliphatic rings. The lowest BCUT2D eigenvalue weighted by Crippen LogP contribution is -2.22. The van der Waals surface area contributed by atoms with E-state index in [0.29, 0.717) is 0 Å². The summed E-state index contributed by atoms with van der Waals surface area (Å²) >= 11 is 10.9. The number of carboxylic acid groups (broad SMARTS) is 1. The van der Waals surface area contributed by atoms with Crippen molar-refractivity contribution in [3.63, 3.8) is 0 Å². The average molecular weight is 266 g/mol. The number of pyridine rings is 1. The number of rotatable bonds is 4. The van der Waals surface area contributed by atoms with Crippen molar-refractivity contribution in [2.75, 3.05) is 5.88 Å². The maximum atomic E-state index is 10.8. The van der Waals surface area contributed by atoms with Crippen LogP contribution in [0, 0.1) is 0 Å². The Labute approximate surface area is 101 Å². The molecule has 0 aromatic carbocycles. The van der Waals surface area contributed by atoms with E-state index in [9.17, 15) is 15.0 Å². The summed E-state index contributed by atoms with van der Waals surface area (Å²) in [4.78, 5) is 14.4. The van der Waals surface area contributed by atoms with Gasteiger partial charge in [0.1, 0.15) is 11.3 Å². The molecule has 1 aromatic rings. The van der Waals surface area contributed by atoms with Crippen molar-refractivity contribution in [1.82, 2.24) is 4.98 Å². The van der Waals surface area contributed by atoms with Crippen LogP contribution in [0.1, 0.15) is 22.2 Å². The Morgan fingerprint density at radius 3 is 2.56 bits per heavy atom. The van der Waals surface area contributed by atoms with Crippen LogP contribution in [0.15, 0.2) is 12.1 Å². The Bertz CT molecular complexity index is 399. The highest BCUT2D eigenvalue weighted by Crippen LogP contribution is 2.22. The molecule has 1 aromatic heterocycles. The first-order valence-electron chi connectivity index (χ1n) is 4.29. The zero-order chi connectivity index (χ0) is 12.3. The Morgan fingerprint density at radius 1 is 1.44 bits per heavy atom. The summed E-state index contributed by atoms with van der Waals surface area (Å²) < 4.78 is 0. The minimum Gasteiger partial charge on any atom is -0.476 e. The molecule has 0 amide bonds. The number of hydrogen-bond acceptors (Lipinski definition) is 4. The minimum atomic E-state index is -1.41. The maximum absolute atomic E-state index is 10.8. The standard InChI is InChI=1S/C9H9Cl2NO4/c10-3-5(13)8(14)4-1-2-6(11)12-7(4)9(15)16/h1-2,5,8,13-14H,3H2,(H,15,16). The van der Waals surface area contributed by atoms with Crippen molar-refractivity contribution < 1.29 is 20.1 Å². The number of nitrogens with zero attached hydrogens (tertiary/aromatic N) is 1. The van der Waals surface area contributed by atoms with Gasteiger partial charge in [-0.3, -0.25) is 0 Å². The molecule has 88 valence electrons. The zero-order valence-corrected chi connectivity index (χ0v) is 9.48. The van der Waals surface area contributed by atoms with Crippen molar-refractivity contribution in [3.8, 4) is 0 Å². The maximum Gasteiger partial charge on any atom is 0.354 e. The van der Waals surface area contributed by atoms with Crippen LogP contribution in [0.5, 0.6) is 0 Å². The predicted molar refractivity (Wildman–Crippen MR) is 57.9 cm³/mol. The second-order valence-corrected chi connectivity index (χ2v) is 3.74. The Hall–Kier alpha value is -0.880. The summed E-state index contributed by atoms with van der Waals surface area (Å²) in [6, 6.07) is 2.62. The van der Waals surface area contributed by atoms with Crippen LogP contribution in [0.3, 0.4) is 0 Å². The van der Waals surface area contributed by atoms with E-state index in [2.05, 4.69) is 4.98 Å². The molecule has 7 heteroatoms. The van der Waals surface area contributed by atoms with Crippen LogP contribution in [-0.4, -0.2) is 38.3 Å². The topological polar surface area (TPSA) is 90.7 Å². The fourth-order valence-electron chi connectivity index (χ4n) is 1.15. The van der Waals surface area contributed by atoms with Gasteiger partial charge in [-0.25, -0.2) is 9.78 Å². The van der Waals surface area contributed by atoms with Gasteiger partial charge in [0.05, 0.1) is 12.0 Å². The van der Waals surface area contributed by atoms with Crippen LogP contribution in [0.25, 0.3) is 0 Å². The van der Waals surface area contributed by atoms with Crippen LogP contribution < -0.4 is 0 Å². The number of halogens is 2. The van der Waals surface area contributed by atoms with Gasteiger partial charge >= 0.3 is 5.97 Å².